The van der Waals surface area contributed by atoms with E-state index in [1.54, 1.807) is 0 Å². The Kier molecular flexibility index (Phi) is 2.03. The van der Waals surface area contributed by atoms with Gasteiger partial charge in [-0.1, -0.05) is 11.6 Å². The molecule has 2 heteroatoms. The summed E-state index contributed by atoms with van der Waals surface area (Å²) in [5.41, 5.74) is 5.29. The highest BCUT2D eigenvalue weighted by Crippen LogP contribution is 2.29. The first-order valence-corrected chi connectivity index (χ1v) is 5.67. The Balaban J connectivity index is 2.44. The van der Waals surface area contributed by atoms with Crippen LogP contribution in [0, 0.1) is 6.92 Å². The lowest BCUT2D eigenvalue weighted by molar-refractivity contribution is 0.112. The van der Waals surface area contributed by atoms with Crippen LogP contribution in [-0.4, -0.2) is 11.3 Å². The highest BCUT2D eigenvalue weighted by atomic mass is 16.1. The van der Waals surface area contributed by atoms with Gasteiger partial charge in [-0.05, 0) is 43.9 Å². The number of rotatable bonds is 1. The number of hydrogen-bond acceptors (Lipinski definition) is 2. The maximum absolute atomic E-state index is 11.3. The molecule has 0 spiro atoms. The first-order chi connectivity index (χ1) is 7.79. The van der Waals surface area contributed by atoms with Gasteiger partial charge in [0.25, 0.3) is 0 Å². The van der Waals surface area contributed by atoms with Gasteiger partial charge >= 0.3 is 0 Å². The van der Waals surface area contributed by atoms with Crippen molar-refractivity contribution in [1.82, 2.24) is 4.98 Å². The van der Waals surface area contributed by atoms with Crippen molar-refractivity contribution >= 4 is 17.2 Å². The smallest absolute Gasteiger partial charge is 0.151 e. The van der Waals surface area contributed by atoms with Gasteiger partial charge in [-0.3, -0.25) is 9.78 Å². The summed E-state index contributed by atoms with van der Waals surface area (Å²) in [5.74, 6) is 0. The Hall–Kier alpha value is -1.70. The number of fused-ring (bicyclic) bond motifs is 2. The molecule has 0 fully saturated rings. The maximum Gasteiger partial charge on any atom is 0.151 e. The van der Waals surface area contributed by atoms with Crippen LogP contribution in [0.2, 0.25) is 0 Å². The van der Waals surface area contributed by atoms with E-state index in [1.165, 1.54) is 11.1 Å². The molecule has 2 aromatic rings. The molecule has 1 aromatic heterocycles. The summed E-state index contributed by atoms with van der Waals surface area (Å²) in [7, 11) is 0. The average molecular weight is 211 g/mol. The van der Waals surface area contributed by atoms with Crippen LogP contribution in [0.1, 0.15) is 33.6 Å². The van der Waals surface area contributed by atoms with Crippen molar-refractivity contribution in [3.63, 3.8) is 0 Å². The van der Waals surface area contributed by atoms with Crippen LogP contribution in [0.25, 0.3) is 10.9 Å². The lowest BCUT2D eigenvalue weighted by Crippen LogP contribution is -1.97. The first kappa shape index (κ1) is 9.52. The quantitative estimate of drug-likeness (QED) is 0.679. The van der Waals surface area contributed by atoms with Gasteiger partial charge in [0.15, 0.2) is 6.29 Å². The van der Waals surface area contributed by atoms with E-state index in [9.17, 15) is 4.79 Å². The van der Waals surface area contributed by atoms with Gasteiger partial charge in [0.05, 0.1) is 5.52 Å². The average Bonchev–Trinajstić information content (AvgIpc) is 2.73. The van der Waals surface area contributed by atoms with Crippen molar-refractivity contribution in [3.05, 3.63) is 40.6 Å². The number of carbonyl (C=O) groups is 1. The first-order valence-electron chi connectivity index (χ1n) is 5.67. The van der Waals surface area contributed by atoms with Gasteiger partial charge in [-0.2, -0.15) is 0 Å². The summed E-state index contributed by atoms with van der Waals surface area (Å²) in [4.78, 5) is 15.9. The molecule has 0 N–H and O–H groups in total. The number of pyridine rings is 1. The molecule has 0 bridgehead atoms. The normalized spacial score (nSPS) is 14.1. The molecule has 0 atom stereocenters. The molecule has 1 aliphatic rings. The van der Waals surface area contributed by atoms with E-state index in [1.807, 2.05) is 19.1 Å². The second kappa shape index (κ2) is 3.41. The molecule has 1 aliphatic carbocycles. The van der Waals surface area contributed by atoms with E-state index >= 15 is 0 Å². The maximum atomic E-state index is 11.3. The zero-order chi connectivity index (χ0) is 11.1. The van der Waals surface area contributed by atoms with Crippen LogP contribution in [0.4, 0.5) is 0 Å². The van der Waals surface area contributed by atoms with E-state index in [-0.39, 0.29) is 0 Å². The standard InChI is InChI=1S/C14H13NO/c1-9-5-6-14-11(7-9)12(8-16)10-3-2-4-13(10)15-14/h5-8H,2-4H2,1H3. The van der Waals surface area contributed by atoms with E-state index < -0.39 is 0 Å². The molecule has 1 heterocycles. The lowest BCUT2D eigenvalue weighted by Gasteiger charge is -2.07. The number of aryl methyl sites for hydroxylation is 2. The van der Waals surface area contributed by atoms with E-state index in [0.717, 1.165) is 47.7 Å². The van der Waals surface area contributed by atoms with Crippen molar-refractivity contribution in [2.75, 3.05) is 0 Å². The van der Waals surface area contributed by atoms with Crippen LogP contribution >= 0.6 is 0 Å². The molecule has 16 heavy (non-hydrogen) atoms. The number of nitrogens with zero attached hydrogens (tertiary/aromatic N) is 1. The number of aromatic nitrogens is 1. The monoisotopic (exact) mass is 211 g/mol. The largest absolute Gasteiger partial charge is 0.298 e. The SMILES string of the molecule is Cc1ccc2nc3c(c(C=O)c2c1)CCC3. The Morgan fingerprint density at radius 1 is 1.31 bits per heavy atom. The minimum Gasteiger partial charge on any atom is -0.298 e. The Morgan fingerprint density at radius 2 is 2.19 bits per heavy atom. The van der Waals surface area contributed by atoms with Gasteiger partial charge in [0.2, 0.25) is 0 Å². The van der Waals surface area contributed by atoms with E-state index in [2.05, 4.69) is 11.1 Å². The molecular weight excluding hydrogens is 198 g/mol. The zero-order valence-corrected chi connectivity index (χ0v) is 9.29. The van der Waals surface area contributed by atoms with E-state index in [0.29, 0.717) is 0 Å². The molecule has 2 nitrogen and oxygen atoms in total. The topological polar surface area (TPSA) is 30.0 Å². The summed E-state index contributed by atoms with van der Waals surface area (Å²) in [6, 6.07) is 6.12. The van der Waals surface area contributed by atoms with Crippen molar-refractivity contribution in [2.24, 2.45) is 0 Å². The predicted molar refractivity (Wildman–Crippen MR) is 63.9 cm³/mol. The Morgan fingerprint density at radius 3 is 3.00 bits per heavy atom. The second-order valence-electron chi connectivity index (χ2n) is 4.44. The summed E-state index contributed by atoms with van der Waals surface area (Å²) in [6.07, 6.45) is 4.13. The van der Waals surface area contributed by atoms with Gasteiger partial charge in [-0.25, -0.2) is 0 Å². The molecule has 0 unspecified atom stereocenters. The molecule has 80 valence electrons. The number of hydrogen-bond donors (Lipinski definition) is 0. The van der Waals surface area contributed by atoms with Gasteiger partial charge in [-0.15, -0.1) is 0 Å². The third-order valence-electron chi connectivity index (χ3n) is 3.33. The Labute approximate surface area is 94.3 Å². The molecule has 3 rings (SSSR count). The van der Waals surface area contributed by atoms with Crippen molar-refractivity contribution in [1.29, 1.82) is 0 Å². The third kappa shape index (κ3) is 1.26. The van der Waals surface area contributed by atoms with Crippen LogP contribution in [0.15, 0.2) is 18.2 Å². The zero-order valence-electron chi connectivity index (χ0n) is 9.29. The molecule has 0 saturated heterocycles. The lowest BCUT2D eigenvalue weighted by atomic mass is 10.0. The van der Waals surface area contributed by atoms with Gasteiger partial charge in [0, 0.05) is 16.6 Å². The molecule has 0 amide bonds. The molecule has 0 saturated carbocycles. The number of benzene rings is 1. The van der Waals surface area contributed by atoms with Crippen molar-refractivity contribution < 1.29 is 4.79 Å². The summed E-state index contributed by atoms with van der Waals surface area (Å²) in [6.45, 7) is 2.04. The highest BCUT2D eigenvalue weighted by molar-refractivity contribution is 5.98. The second-order valence-corrected chi connectivity index (χ2v) is 4.44. The van der Waals surface area contributed by atoms with Crippen LogP contribution < -0.4 is 0 Å². The minimum absolute atomic E-state index is 0.862. The van der Waals surface area contributed by atoms with Crippen molar-refractivity contribution in [2.45, 2.75) is 26.2 Å². The van der Waals surface area contributed by atoms with Gasteiger partial charge in [0.1, 0.15) is 0 Å². The molecule has 1 aromatic carbocycles. The summed E-state index contributed by atoms with van der Waals surface area (Å²) >= 11 is 0. The molecular formula is C14H13NO. The predicted octanol–water partition coefficient (Wildman–Crippen LogP) is 2.84. The van der Waals surface area contributed by atoms with E-state index in [4.69, 9.17) is 0 Å². The molecule has 0 radical (unpaired) electrons. The number of aldehydes is 1. The van der Waals surface area contributed by atoms with Crippen LogP contribution in [-0.2, 0) is 12.8 Å². The molecule has 0 aliphatic heterocycles. The fourth-order valence-electron chi connectivity index (χ4n) is 2.55. The Bertz CT molecular complexity index is 587. The summed E-state index contributed by atoms with van der Waals surface area (Å²) < 4.78 is 0. The van der Waals surface area contributed by atoms with Crippen molar-refractivity contribution in [3.8, 4) is 0 Å². The minimum atomic E-state index is 0.862. The third-order valence-corrected chi connectivity index (χ3v) is 3.33. The number of carbonyl (C=O) groups excluding carboxylic acids is 1. The fraction of sp³-hybridized carbons (Fsp3) is 0.286. The van der Waals surface area contributed by atoms with Crippen LogP contribution in [0.5, 0.6) is 0 Å². The fourth-order valence-corrected chi connectivity index (χ4v) is 2.55. The summed E-state index contributed by atoms with van der Waals surface area (Å²) in [5, 5.41) is 1.01. The van der Waals surface area contributed by atoms with Gasteiger partial charge < -0.3 is 0 Å². The van der Waals surface area contributed by atoms with Crippen LogP contribution in [0.3, 0.4) is 0 Å². The highest BCUT2D eigenvalue weighted by Gasteiger charge is 2.18.